The molecule has 8 heteroatoms. The van der Waals surface area contributed by atoms with Gasteiger partial charge in [0, 0.05) is 47.7 Å². The van der Waals surface area contributed by atoms with E-state index in [1.165, 1.54) is 0 Å². The Hall–Kier alpha value is -5.24. The fourth-order valence-electron chi connectivity index (χ4n) is 7.21. The number of rotatable bonds is 10. The standard InChI is InChI=1S/C42H46N6O2/c1-5-27(3)37(45-39-29-15-7-11-19-33(29)43-34-20-12-8-16-30(34)39)41(49)47-23-25-48(26-24-47)42(50)38(28(4)6-2)46-40-31-17-9-13-21-35(31)44-36-22-14-10-18-32(36)40/h7-22,27-28,37-38H,5-6,23-26H2,1-4H3,(H,43,45)(H,44,46)/t27-,28-,37-,38-/m0/s1. The maximum Gasteiger partial charge on any atom is 0.245 e. The highest BCUT2D eigenvalue weighted by Gasteiger charge is 2.35. The minimum Gasteiger partial charge on any atom is -0.372 e. The zero-order valence-corrected chi connectivity index (χ0v) is 29.4. The molecule has 2 N–H and O–H groups in total. The quantitative estimate of drug-likeness (QED) is 0.144. The molecular weight excluding hydrogens is 621 g/mol. The summed E-state index contributed by atoms with van der Waals surface area (Å²) in [7, 11) is 0. The lowest BCUT2D eigenvalue weighted by atomic mass is 9.95. The molecule has 1 aliphatic rings. The van der Waals surface area contributed by atoms with Crippen molar-refractivity contribution in [3.8, 4) is 0 Å². The van der Waals surface area contributed by atoms with Gasteiger partial charge in [-0.05, 0) is 36.1 Å². The molecule has 1 aliphatic heterocycles. The fourth-order valence-corrected chi connectivity index (χ4v) is 7.21. The molecule has 0 saturated carbocycles. The lowest BCUT2D eigenvalue weighted by molar-refractivity contribution is -0.141. The highest BCUT2D eigenvalue weighted by Crippen LogP contribution is 2.34. The normalized spacial score (nSPS) is 16.0. The van der Waals surface area contributed by atoms with Gasteiger partial charge < -0.3 is 20.4 Å². The summed E-state index contributed by atoms with van der Waals surface area (Å²) in [6, 6.07) is 31.6. The molecule has 4 atom stereocenters. The van der Waals surface area contributed by atoms with Crippen LogP contribution >= 0.6 is 0 Å². The van der Waals surface area contributed by atoms with Crippen molar-refractivity contribution in [3.05, 3.63) is 97.1 Å². The van der Waals surface area contributed by atoms with Crippen LogP contribution in [-0.4, -0.2) is 69.8 Å². The SMILES string of the molecule is CC[C@H](C)[C@H](Nc1c2ccccc2nc2ccccc12)C(=O)N1CCN(C(=O)[C@@H](Nc2c3ccccc3nc3ccccc23)[C@@H](C)CC)CC1. The summed E-state index contributed by atoms with van der Waals surface area (Å²) in [6.07, 6.45) is 1.70. The summed E-state index contributed by atoms with van der Waals surface area (Å²) >= 11 is 0. The van der Waals surface area contributed by atoms with Crippen molar-refractivity contribution < 1.29 is 9.59 Å². The molecular formula is C42H46N6O2. The van der Waals surface area contributed by atoms with Gasteiger partial charge in [0.15, 0.2) is 0 Å². The molecule has 2 amide bonds. The van der Waals surface area contributed by atoms with Gasteiger partial charge in [0.2, 0.25) is 11.8 Å². The summed E-state index contributed by atoms with van der Waals surface area (Å²) < 4.78 is 0. The molecule has 8 nitrogen and oxygen atoms in total. The van der Waals surface area contributed by atoms with E-state index in [9.17, 15) is 9.59 Å². The van der Waals surface area contributed by atoms with Crippen molar-refractivity contribution in [2.75, 3.05) is 36.8 Å². The first-order valence-corrected chi connectivity index (χ1v) is 18.0. The number of amides is 2. The van der Waals surface area contributed by atoms with Crippen LogP contribution in [0.5, 0.6) is 0 Å². The third kappa shape index (κ3) is 6.30. The van der Waals surface area contributed by atoms with Crippen LogP contribution in [-0.2, 0) is 9.59 Å². The Morgan fingerprint density at radius 1 is 0.540 bits per heavy atom. The van der Waals surface area contributed by atoms with Gasteiger partial charge >= 0.3 is 0 Å². The molecule has 7 rings (SSSR count). The van der Waals surface area contributed by atoms with Gasteiger partial charge in [0.1, 0.15) is 12.1 Å². The van der Waals surface area contributed by atoms with Gasteiger partial charge in [-0.25, -0.2) is 9.97 Å². The van der Waals surface area contributed by atoms with Crippen molar-refractivity contribution in [3.63, 3.8) is 0 Å². The zero-order chi connectivity index (χ0) is 34.8. The molecule has 6 aromatic rings. The van der Waals surface area contributed by atoms with E-state index in [4.69, 9.17) is 9.97 Å². The molecule has 1 fully saturated rings. The summed E-state index contributed by atoms with van der Waals surface area (Å²) in [4.78, 5) is 42.3. The largest absolute Gasteiger partial charge is 0.372 e. The lowest BCUT2D eigenvalue weighted by Gasteiger charge is -2.40. The molecule has 3 heterocycles. The predicted molar refractivity (Wildman–Crippen MR) is 205 cm³/mol. The van der Waals surface area contributed by atoms with Crippen LogP contribution in [0.25, 0.3) is 43.6 Å². The maximum absolute atomic E-state index is 14.4. The van der Waals surface area contributed by atoms with E-state index in [1.807, 2.05) is 82.6 Å². The highest BCUT2D eigenvalue weighted by molar-refractivity contribution is 6.09. The van der Waals surface area contributed by atoms with Crippen molar-refractivity contribution in [1.82, 2.24) is 19.8 Å². The molecule has 1 saturated heterocycles. The Bertz CT molecular complexity index is 1910. The molecule has 50 heavy (non-hydrogen) atoms. The number of nitrogens with one attached hydrogen (secondary N) is 2. The first-order chi connectivity index (χ1) is 24.4. The number of nitrogens with zero attached hydrogens (tertiary/aromatic N) is 4. The van der Waals surface area contributed by atoms with E-state index in [0.29, 0.717) is 26.2 Å². The number of hydrogen-bond acceptors (Lipinski definition) is 6. The van der Waals surface area contributed by atoms with Crippen LogP contribution in [0.2, 0.25) is 0 Å². The Morgan fingerprint density at radius 3 is 1.10 bits per heavy atom. The van der Waals surface area contributed by atoms with E-state index in [0.717, 1.165) is 67.8 Å². The highest BCUT2D eigenvalue weighted by atomic mass is 16.2. The van der Waals surface area contributed by atoms with Crippen molar-refractivity contribution >= 4 is 66.8 Å². The van der Waals surface area contributed by atoms with Crippen LogP contribution in [0.3, 0.4) is 0 Å². The van der Waals surface area contributed by atoms with E-state index in [2.05, 4.69) is 62.6 Å². The fraction of sp³-hybridized carbons (Fsp3) is 0.333. The molecule has 2 aromatic heterocycles. The summed E-state index contributed by atoms with van der Waals surface area (Å²) in [5.41, 5.74) is 5.47. The number of benzene rings is 4. The average molecular weight is 667 g/mol. The van der Waals surface area contributed by atoms with Gasteiger partial charge in [0.25, 0.3) is 0 Å². The number of para-hydroxylation sites is 4. The molecule has 0 radical (unpaired) electrons. The van der Waals surface area contributed by atoms with Gasteiger partial charge in [-0.2, -0.15) is 0 Å². The molecule has 0 aliphatic carbocycles. The van der Waals surface area contributed by atoms with E-state index < -0.39 is 12.1 Å². The third-order valence-corrected chi connectivity index (χ3v) is 10.6. The van der Waals surface area contributed by atoms with E-state index in [-0.39, 0.29) is 23.7 Å². The molecule has 0 unspecified atom stereocenters. The molecule has 4 aromatic carbocycles. The number of hydrogen-bond donors (Lipinski definition) is 2. The number of fused-ring (bicyclic) bond motifs is 4. The van der Waals surface area contributed by atoms with Gasteiger partial charge in [-0.15, -0.1) is 0 Å². The second-order valence-corrected chi connectivity index (χ2v) is 13.7. The maximum atomic E-state index is 14.4. The minimum atomic E-state index is -0.417. The lowest BCUT2D eigenvalue weighted by Crippen LogP contribution is -2.57. The van der Waals surface area contributed by atoms with Crippen LogP contribution < -0.4 is 10.6 Å². The predicted octanol–water partition coefficient (Wildman–Crippen LogP) is 8.11. The smallest absolute Gasteiger partial charge is 0.245 e. The average Bonchev–Trinajstić information content (AvgIpc) is 3.17. The van der Waals surface area contributed by atoms with Crippen LogP contribution in [0, 0.1) is 11.8 Å². The molecule has 256 valence electrons. The van der Waals surface area contributed by atoms with E-state index >= 15 is 0 Å². The second-order valence-electron chi connectivity index (χ2n) is 13.7. The van der Waals surface area contributed by atoms with Crippen LogP contribution in [0.1, 0.15) is 40.5 Å². The van der Waals surface area contributed by atoms with Crippen molar-refractivity contribution in [2.24, 2.45) is 11.8 Å². The Morgan fingerprint density at radius 2 is 0.820 bits per heavy atom. The van der Waals surface area contributed by atoms with Crippen molar-refractivity contribution in [2.45, 2.75) is 52.6 Å². The van der Waals surface area contributed by atoms with Gasteiger partial charge in [-0.3, -0.25) is 9.59 Å². The first-order valence-electron chi connectivity index (χ1n) is 18.0. The Labute approximate surface area is 293 Å². The summed E-state index contributed by atoms with van der Waals surface area (Å²) in [5, 5.41) is 11.4. The molecule has 0 bridgehead atoms. The summed E-state index contributed by atoms with van der Waals surface area (Å²) in [5.74, 6) is 0.333. The number of piperazine rings is 1. The van der Waals surface area contributed by atoms with E-state index in [1.54, 1.807) is 0 Å². The second kappa shape index (κ2) is 14.3. The van der Waals surface area contributed by atoms with Crippen molar-refractivity contribution in [1.29, 1.82) is 0 Å². The Kier molecular flexibility index (Phi) is 9.52. The minimum absolute atomic E-state index is 0.0720. The zero-order valence-electron chi connectivity index (χ0n) is 29.4. The van der Waals surface area contributed by atoms with Crippen LogP contribution in [0.4, 0.5) is 11.4 Å². The van der Waals surface area contributed by atoms with Gasteiger partial charge in [-0.1, -0.05) is 113 Å². The summed E-state index contributed by atoms with van der Waals surface area (Å²) in [6.45, 7) is 10.5. The number of pyridine rings is 2. The number of aromatic nitrogens is 2. The Balaban J connectivity index is 1.11. The first kappa shape index (κ1) is 33.3. The monoisotopic (exact) mass is 666 g/mol. The third-order valence-electron chi connectivity index (χ3n) is 10.6. The number of anilines is 2. The molecule has 0 spiro atoms. The number of carbonyl (C=O) groups excluding carboxylic acids is 2. The van der Waals surface area contributed by atoms with Gasteiger partial charge in [0.05, 0.1) is 33.4 Å². The number of carbonyl (C=O) groups is 2. The van der Waals surface area contributed by atoms with Crippen LogP contribution in [0.15, 0.2) is 97.1 Å². The topological polar surface area (TPSA) is 90.5 Å².